The van der Waals surface area contributed by atoms with E-state index in [4.69, 9.17) is 8.83 Å². The number of nitriles is 1. The fourth-order valence-corrected chi connectivity index (χ4v) is 8.93. The van der Waals surface area contributed by atoms with Crippen molar-refractivity contribution in [3.8, 4) is 28.6 Å². The molecule has 0 saturated heterocycles. The predicted molar refractivity (Wildman–Crippen MR) is 220 cm³/mol. The number of para-hydroxylation sites is 4. The van der Waals surface area contributed by atoms with Gasteiger partial charge in [0.1, 0.15) is 22.3 Å². The van der Waals surface area contributed by atoms with Crippen molar-refractivity contribution in [2.45, 2.75) is 0 Å². The second kappa shape index (κ2) is 10.7. The Bertz CT molecular complexity index is 3590. The normalized spacial score (nSPS) is 12.1. The first-order valence-electron chi connectivity index (χ1n) is 18.1. The van der Waals surface area contributed by atoms with Crippen molar-refractivity contribution in [3.05, 3.63) is 169 Å². The zero-order chi connectivity index (χ0) is 35.5. The van der Waals surface area contributed by atoms with E-state index < -0.39 is 0 Å². The quantitative estimate of drug-likeness (QED) is 0.185. The molecule has 250 valence electrons. The first kappa shape index (κ1) is 29.1. The molecular weight excluding hydrogens is 663 g/mol. The molecule has 0 radical (unpaired) electrons. The third kappa shape index (κ3) is 3.86. The lowest BCUT2D eigenvalue weighted by Crippen LogP contribution is -1.97. The molecule has 0 unspecified atom stereocenters. The maximum atomic E-state index is 10.5. The largest absolute Gasteiger partial charge is 0.456 e. The number of rotatable bonds is 3. The monoisotopic (exact) mass is 689 g/mol. The van der Waals surface area contributed by atoms with Gasteiger partial charge in [0.25, 0.3) is 0 Å². The minimum Gasteiger partial charge on any atom is -0.456 e. The average Bonchev–Trinajstić information content (AvgIpc) is 3.98. The second-order valence-electron chi connectivity index (χ2n) is 14.0. The maximum Gasteiger partial charge on any atom is 0.136 e. The molecule has 0 aliphatic rings. The summed E-state index contributed by atoms with van der Waals surface area (Å²) in [6.07, 6.45) is 0. The highest BCUT2D eigenvalue weighted by Crippen LogP contribution is 2.43. The molecule has 0 aliphatic heterocycles. The van der Waals surface area contributed by atoms with Gasteiger partial charge in [-0.1, -0.05) is 84.9 Å². The summed E-state index contributed by atoms with van der Waals surface area (Å²) in [6, 6.07) is 59.3. The lowest BCUT2D eigenvalue weighted by molar-refractivity contribution is 0.669. The lowest BCUT2D eigenvalue weighted by atomic mass is 9.99. The molecule has 0 N–H and O–H groups in total. The van der Waals surface area contributed by atoms with Crippen LogP contribution < -0.4 is 0 Å². The van der Waals surface area contributed by atoms with Gasteiger partial charge >= 0.3 is 0 Å². The summed E-state index contributed by atoms with van der Waals surface area (Å²) in [4.78, 5) is 0. The van der Waals surface area contributed by atoms with E-state index in [1.54, 1.807) is 0 Å². The minimum atomic E-state index is 0.619. The molecule has 0 fully saturated rings. The Morgan fingerprint density at radius 1 is 0.389 bits per heavy atom. The van der Waals surface area contributed by atoms with Gasteiger partial charge in [0.2, 0.25) is 0 Å². The van der Waals surface area contributed by atoms with E-state index in [-0.39, 0.29) is 0 Å². The van der Waals surface area contributed by atoms with E-state index in [0.29, 0.717) is 5.56 Å². The van der Waals surface area contributed by atoms with Crippen LogP contribution in [0.2, 0.25) is 0 Å². The van der Waals surface area contributed by atoms with Crippen LogP contribution in [0.1, 0.15) is 5.56 Å². The third-order valence-corrected chi connectivity index (χ3v) is 11.2. The van der Waals surface area contributed by atoms with Crippen LogP contribution in [0.4, 0.5) is 0 Å². The van der Waals surface area contributed by atoms with Crippen LogP contribution >= 0.6 is 0 Å². The summed E-state index contributed by atoms with van der Waals surface area (Å²) < 4.78 is 17.3. The lowest BCUT2D eigenvalue weighted by Gasteiger charge is -2.14. The van der Waals surface area contributed by atoms with Crippen LogP contribution in [0.3, 0.4) is 0 Å². The summed E-state index contributed by atoms with van der Waals surface area (Å²) in [5, 5.41) is 19.6. The van der Waals surface area contributed by atoms with E-state index in [2.05, 4.69) is 149 Å². The van der Waals surface area contributed by atoms with E-state index in [1.807, 2.05) is 30.3 Å². The fraction of sp³-hybridized carbons (Fsp3) is 0. The van der Waals surface area contributed by atoms with Gasteiger partial charge in [-0.3, -0.25) is 0 Å². The average molecular weight is 690 g/mol. The van der Waals surface area contributed by atoms with Crippen LogP contribution in [0.25, 0.3) is 110 Å². The van der Waals surface area contributed by atoms with Gasteiger partial charge < -0.3 is 18.0 Å². The van der Waals surface area contributed by atoms with Crippen LogP contribution in [-0.4, -0.2) is 9.13 Å². The number of benzene rings is 8. The molecule has 54 heavy (non-hydrogen) atoms. The highest BCUT2D eigenvalue weighted by atomic mass is 16.3. The Hall–Kier alpha value is -7.55. The van der Waals surface area contributed by atoms with Crippen molar-refractivity contribution in [1.82, 2.24) is 9.13 Å². The Balaban J connectivity index is 1.09. The van der Waals surface area contributed by atoms with E-state index in [9.17, 15) is 5.26 Å². The van der Waals surface area contributed by atoms with Crippen molar-refractivity contribution < 1.29 is 8.83 Å². The van der Waals surface area contributed by atoms with Crippen molar-refractivity contribution in [3.63, 3.8) is 0 Å². The Morgan fingerprint density at radius 3 is 1.48 bits per heavy atom. The summed E-state index contributed by atoms with van der Waals surface area (Å²) in [5.74, 6) is 0. The molecule has 5 nitrogen and oxygen atoms in total. The van der Waals surface area contributed by atoms with Gasteiger partial charge in [0.15, 0.2) is 0 Å². The SMILES string of the molecule is N#Cc1ccc(-n2c3ccccc3c3c4c(ccc32)oc2ccccc24)cc1-c1cccc(-n2c3ccccc3c3c4c(ccc32)oc2ccccc24)c1. The Labute approximate surface area is 307 Å². The molecule has 12 aromatic rings. The highest BCUT2D eigenvalue weighted by Gasteiger charge is 2.21. The molecule has 0 spiro atoms. The molecule has 0 saturated carbocycles. The first-order valence-corrected chi connectivity index (χ1v) is 18.1. The number of aromatic nitrogens is 2. The molecule has 4 heterocycles. The zero-order valence-electron chi connectivity index (χ0n) is 28.7. The van der Waals surface area contributed by atoms with Crippen LogP contribution in [0.15, 0.2) is 173 Å². The zero-order valence-corrected chi connectivity index (χ0v) is 28.7. The maximum absolute atomic E-state index is 10.5. The fourth-order valence-electron chi connectivity index (χ4n) is 8.93. The van der Waals surface area contributed by atoms with Gasteiger partial charge in [0, 0.05) is 60.0 Å². The number of furan rings is 2. The van der Waals surface area contributed by atoms with Crippen molar-refractivity contribution in [2.24, 2.45) is 0 Å². The molecular formula is C49H27N3O2. The molecule has 0 amide bonds. The van der Waals surface area contributed by atoms with Gasteiger partial charge in [0.05, 0.1) is 33.7 Å². The van der Waals surface area contributed by atoms with Crippen LogP contribution in [-0.2, 0) is 0 Å². The van der Waals surface area contributed by atoms with Gasteiger partial charge in [-0.15, -0.1) is 0 Å². The molecule has 0 atom stereocenters. The predicted octanol–water partition coefficient (Wildman–Crippen LogP) is 13.2. The minimum absolute atomic E-state index is 0.619. The van der Waals surface area contributed by atoms with Gasteiger partial charge in [-0.05, 0) is 84.4 Å². The highest BCUT2D eigenvalue weighted by molar-refractivity contribution is 6.28. The second-order valence-corrected chi connectivity index (χ2v) is 14.0. The van der Waals surface area contributed by atoms with Crippen molar-refractivity contribution in [2.75, 3.05) is 0 Å². The summed E-state index contributed by atoms with van der Waals surface area (Å²) in [7, 11) is 0. The first-order chi connectivity index (χ1) is 26.7. The summed E-state index contributed by atoms with van der Waals surface area (Å²) in [5.41, 5.74) is 12.4. The smallest absolute Gasteiger partial charge is 0.136 e. The Kier molecular flexibility index (Phi) is 5.78. The summed E-state index contributed by atoms with van der Waals surface area (Å²) in [6.45, 7) is 0. The van der Waals surface area contributed by atoms with Crippen LogP contribution in [0.5, 0.6) is 0 Å². The third-order valence-electron chi connectivity index (χ3n) is 11.2. The van der Waals surface area contributed by atoms with Crippen molar-refractivity contribution >= 4 is 87.5 Å². The summed E-state index contributed by atoms with van der Waals surface area (Å²) >= 11 is 0. The number of fused-ring (bicyclic) bond motifs is 14. The number of hydrogen-bond acceptors (Lipinski definition) is 3. The number of hydrogen-bond donors (Lipinski definition) is 0. The molecule has 12 rings (SSSR count). The van der Waals surface area contributed by atoms with E-state index in [0.717, 1.165) is 99.2 Å². The molecule has 4 aromatic heterocycles. The van der Waals surface area contributed by atoms with Gasteiger partial charge in [-0.25, -0.2) is 0 Å². The standard InChI is InChI=1S/C49H27N3O2/c50-28-30-20-21-32(52-39-17-6-2-13-34(39)47-41(52)23-25-45-49(47)36-15-4-8-19-43(36)54-45)27-37(30)29-10-9-11-31(26-29)51-38-16-5-1-12-33(38)46-40(51)22-24-44-48(46)35-14-3-7-18-42(35)53-44/h1-27H. The van der Waals surface area contributed by atoms with Gasteiger partial charge in [-0.2, -0.15) is 5.26 Å². The van der Waals surface area contributed by atoms with Crippen molar-refractivity contribution in [1.29, 1.82) is 5.26 Å². The molecule has 5 heteroatoms. The molecule has 0 aliphatic carbocycles. The van der Waals surface area contributed by atoms with E-state index >= 15 is 0 Å². The topological polar surface area (TPSA) is 59.9 Å². The number of nitrogens with zero attached hydrogens (tertiary/aromatic N) is 3. The van der Waals surface area contributed by atoms with E-state index in [1.165, 1.54) is 10.8 Å². The molecule has 8 aromatic carbocycles. The van der Waals surface area contributed by atoms with Crippen LogP contribution in [0, 0.1) is 11.3 Å². The molecule has 0 bridgehead atoms. The Morgan fingerprint density at radius 2 is 0.907 bits per heavy atom.